The quantitative estimate of drug-likeness (QED) is 0.455. The molecule has 174 valence electrons. The number of hydrogen-bond acceptors (Lipinski definition) is 4. The molecule has 1 aromatic carbocycles. The number of rotatable bonds is 10. The highest BCUT2D eigenvalue weighted by Crippen LogP contribution is 2.15. The van der Waals surface area contributed by atoms with E-state index in [2.05, 4.69) is 53.2 Å². The second-order valence-electron chi connectivity index (χ2n) is 8.07. The molecule has 0 bridgehead atoms. The molecule has 2 rings (SSSR count). The molecular formula is C24H42N6O. The van der Waals surface area contributed by atoms with Crippen molar-refractivity contribution in [2.45, 2.75) is 40.8 Å². The summed E-state index contributed by atoms with van der Waals surface area (Å²) in [5, 5.41) is 3.33. The third kappa shape index (κ3) is 7.82. The van der Waals surface area contributed by atoms with Crippen molar-refractivity contribution in [2.75, 3.05) is 66.0 Å². The van der Waals surface area contributed by atoms with Gasteiger partial charge in [0.2, 0.25) is 5.91 Å². The molecule has 1 fully saturated rings. The Bertz CT molecular complexity index is 695. The lowest BCUT2D eigenvalue weighted by molar-refractivity contribution is -0.131. The zero-order valence-corrected chi connectivity index (χ0v) is 20.2. The average molecular weight is 431 g/mol. The lowest BCUT2D eigenvalue weighted by atomic mass is 10.1. The number of guanidine groups is 1. The monoisotopic (exact) mass is 430 g/mol. The fourth-order valence-electron chi connectivity index (χ4n) is 3.95. The highest BCUT2D eigenvalue weighted by atomic mass is 16.2. The van der Waals surface area contributed by atoms with Crippen LogP contribution < -0.4 is 5.32 Å². The molecule has 1 amide bonds. The van der Waals surface area contributed by atoms with Gasteiger partial charge < -0.3 is 20.0 Å². The summed E-state index contributed by atoms with van der Waals surface area (Å²) in [5.41, 5.74) is 2.59. The van der Waals surface area contributed by atoms with E-state index in [9.17, 15) is 4.79 Å². The van der Waals surface area contributed by atoms with Crippen LogP contribution in [0.25, 0.3) is 0 Å². The van der Waals surface area contributed by atoms with Crippen LogP contribution in [0.1, 0.15) is 38.8 Å². The number of nitrogens with one attached hydrogen (secondary N) is 1. The molecule has 1 heterocycles. The largest absolute Gasteiger partial charge is 0.357 e. The fraction of sp³-hybridized carbons (Fsp3) is 0.667. The second-order valence-corrected chi connectivity index (χ2v) is 8.07. The van der Waals surface area contributed by atoms with Crippen LogP contribution in [0.3, 0.4) is 0 Å². The molecular weight excluding hydrogens is 388 g/mol. The highest BCUT2D eigenvalue weighted by molar-refractivity contribution is 5.86. The minimum absolute atomic E-state index is 0.129. The fourth-order valence-corrected chi connectivity index (χ4v) is 3.95. The maximum Gasteiger partial charge on any atom is 0.242 e. The lowest BCUT2D eigenvalue weighted by Gasteiger charge is -2.34. The van der Waals surface area contributed by atoms with Gasteiger partial charge in [-0.15, -0.1) is 0 Å². The van der Waals surface area contributed by atoms with Crippen molar-refractivity contribution >= 4 is 11.9 Å². The third-order valence-corrected chi connectivity index (χ3v) is 6.01. The topological polar surface area (TPSA) is 54.4 Å². The molecule has 0 unspecified atom stereocenters. The molecule has 0 aliphatic carbocycles. The summed E-state index contributed by atoms with van der Waals surface area (Å²) in [7, 11) is 1.93. The molecule has 1 N–H and O–H groups in total. The van der Waals surface area contributed by atoms with Crippen molar-refractivity contribution in [3.05, 3.63) is 35.4 Å². The molecule has 31 heavy (non-hydrogen) atoms. The second kappa shape index (κ2) is 13.3. The van der Waals surface area contributed by atoms with Crippen LogP contribution in [0, 0.1) is 0 Å². The first kappa shape index (κ1) is 25.1. The van der Waals surface area contributed by atoms with Gasteiger partial charge in [-0.1, -0.05) is 31.2 Å². The van der Waals surface area contributed by atoms with Gasteiger partial charge in [0, 0.05) is 59.4 Å². The van der Waals surface area contributed by atoms with Crippen molar-refractivity contribution in [1.82, 2.24) is 24.9 Å². The molecule has 0 atom stereocenters. The minimum Gasteiger partial charge on any atom is -0.357 e. The van der Waals surface area contributed by atoms with Crippen LogP contribution in [-0.2, 0) is 17.9 Å². The van der Waals surface area contributed by atoms with E-state index in [1.165, 1.54) is 11.1 Å². The first-order valence-corrected chi connectivity index (χ1v) is 11.8. The Balaban J connectivity index is 2.04. The van der Waals surface area contributed by atoms with Crippen molar-refractivity contribution in [2.24, 2.45) is 4.99 Å². The standard InChI is InChI=1S/C24H42N6O/c1-6-25-24(27(5)20-23(31)30(8-3)9-4)26-18-21-12-10-11-13-22(21)19-29-16-14-28(7-2)15-17-29/h10-13H,6-9,14-20H2,1-5H3,(H,25,26). The van der Waals surface area contributed by atoms with Gasteiger partial charge in [0.05, 0.1) is 13.1 Å². The van der Waals surface area contributed by atoms with Crippen LogP contribution in [0.5, 0.6) is 0 Å². The van der Waals surface area contributed by atoms with Gasteiger partial charge in [0.1, 0.15) is 0 Å². The molecule has 1 aliphatic rings. The van der Waals surface area contributed by atoms with Crippen LogP contribution in [0.2, 0.25) is 0 Å². The van der Waals surface area contributed by atoms with Gasteiger partial charge >= 0.3 is 0 Å². The first-order chi connectivity index (χ1) is 15.0. The lowest BCUT2D eigenvalue weighted by Crippen LogP contribution is -2.46. The number of carbonyl (C=O) groups is 1. The number of likely N-dealkylation sites (N-methyl/N-ethyl adjacent to an activating group) is 3. The number of piperazine rings is 1. The van der Waals surface area contributed by atoms with E-state index in [1.54, 1.807) is 0 Å². The number of benzene rings is 1. The number of aliphatic imine (C=N–C) groups is 1. The number of carbonyl (C=O) groups excluding carboxylic acids is 1. The number of hydrogen-bond donors (Lipinski definition) is 1. The first-order valence-electron chi connectivity index (χ1n) is 11.8. The Labute approximate surface area is 189 Å². The summed E-state index contributed by atoms with van der Waals surface area (Å²) in [6.45, 7) is 18.1. The van der Waals surface area contributed by atoms with E-state index in [4.69, 9.17) is 4.99 Å². The normalized spacial score (nSPS) is 15.7. The van der Waals surface area contributed by atoms with Crippen LogP contribution in [0.15, 0.2) is 29.3 Å². The van der Waals surface area contributed by atoms with E-state index in [1.807, 2.05) is 30.7 Å². The van der Waals surface area contributed by atoms with Gasteiger partial charge in [-0.2, -0.15) is 0 Å². The van der Waals surface area contributed by atoms with Crippen LogP contribution >= 0.6 is 0 Å². The Kier molecular flexibility index (Phi) is 10.8. The van der Waals surface area contributed by atoms with Gasteiger partial charge in [-0.05, 0) is 38.4 Å². The number of amides is 1. The summed E-state index contributed by atoms with van der Waals surface area (Å²) in [4.78, 5) is 26.2. The smallest absolute Gasteiger partial charge is 0.242 e. The van der Waals surface area contributed by atoms with Gasteiger partial charge in [0.15, 0.2) is 5.96 Å². The summed E-state index contributed by atoms with van der Waals surface area (Å²) in [5.74, 6) is 0.902. The van der Waals surface area contributed by atoms with Crippen molar-refractivity contribution in [1.29, 1.82) is 0 Å². The predicted molar refractivity (Wildman–Crippen MR) is 129 cm³/mol. The summed E-state index contributed by atoms with van der Waals surface area (Å²) < 4.78 is 0. The maximum atomic E-state index is 12.5. The molecule has 1 aromatic rings. The average Bonchev–Trinajstić information content (AvgIpc) is 2.78. The minimum atomic E-state index is 0.129. The molecule has 0 radical (unpaired) electrons. The molecule has 1 saturated heterocycles. The van der Waals surface area contributed by atoms with Crippen molar-refractivity contribution in [3.8, 4) is 0 Å². The molecule has 7 heteroatoms. The molecule has 0 spiro atoms. The van der Waals surface area contributed by atoms with E-state index in [0.29, 0.717) is 13.1 Å². The third-order valence-electron chi connectivity index (χ3n) is 6.01. The highest BCUT2D eigenvalue weighted by Gasteiger charge is 2.17. The SMILES string of the molecule is CCNC(=NCc1ccccc1CN1CCN(CC)CC1)N(C)CC(=O)N(CC)CC. The van der Waals surface area contributed by atoms with E-state index in [-0.39, 0.29) is 5.91 Å². The summed E-state index contributed by atoms with van der Waals surface area (Å²) in [6, 6.07) is 8.60. The molecule has 0 aromatic heterocycles. The molecule has 0 saturated carbocycles. The zero-order chi connectivity index (χ0) is 22.6. The van der Waals surface area contributed by atoms with Crippen LogP contribution in [-0.4, -0.2) is 97.4 Å². The summed E-state index contributed by atoms with van der Waals surface area (Å²) in [6.07, 6.45) is 0. The van der Waals surface area contributed by atoms with E-state index < -0.39 is 0 Å². The predicted octanol–water partition coefficient (Wildman–Crippen LogP) is 2.09. The Morgan fingerprint density at radius 3 is 2.19 bits per heavy atom. The Morgan fingerprint density at radius 1 is 1.00 bits per heavy atom. The van der Waals surface area contributed by atoms with Gasteiger partial charge in [-0.25, -0.2) is 4.99 Å². The van der Waals surface area contributed by atoms with E-state index >= 15 is 0 Å². The van der Waals surface area contributed by atoms with Gasteiger partial charge in [0.25, 0.3) is 0 Å². The molecule has 7 nitrogen and oxygen atoms in total. The van der Waals surface area contributed by atoms with Crippen molar-refractivity contribution < 1.29 is 4.79 Å². The maximum absolute atomic E-state index is 12.5. The Morgan fingerprint density at radius 2 is 1.61 bits per heavy atom. The Hall–Kier alpha value is -2.12. The van der Waals surface area contributed by atoms with Gasteiger partial charge in [-0.3, -0.25) is 9.69 Å². The zero-order valence-electron chi connectivity index (χ0n) is 20.2. The summed E-state index contributed by atoms with van der Waals surface area (Å²) >= 11 is 0. The van der Waals surface area contributed by atoms with Crippen LogP contribution in [0.4, 0.5) is 0 Å². The van der Waals surface area contributed by atoms with Crippen molar-refractivity contribution in [3.63, 3.8) is 0 Å². The molecule has 1 aliphatic heterocycles. The number of nitrogens with zero attached hydrogens (tertiary/aromatic N) is 5. The van der Waals surface area contributed by atoms with E-state index in [0.717, 1.165) is 64.9 Å².